The lowest BCUT2D eigenvalue weighted by Gasteiger charge is -2.14. The van der Waals surface area contributed by atoms with Gasteiger partial charge in [0.2, 0.25) is 0 Å². The summed E-state index contributed by atoms with van der Waals surface area (Å²) in [5, 5.41) is 9.16. The van der Waals surface area contributed by atoms with Gasteiger partial charge in [-0.2, -0.15) is 0 Å². The quantitative estimate of drug-likeness (QED) is 0.772. The number of methoxy groups -OCH3 is 2. The van der Waals surface area contributed by atoms with Crippen molar-refractivity contribution in [2.24, 2.45) is 5.92 Å². The van der Waals surface area contributed by atoms with E-state index in [4.69, 9.17) is 14.6 Å². The lowest BCUT2D eigenvalue weighted by molar-refractivity contribution is 0.0807. The van der Waals surface area contributed by atoms with Gasteiger partial charge in [-0.3, -0.25) is 0 Å². The van der Waals surface area contributed by atoms with Gasteiger partial charge in [0.25, 0.3) is 0 Å². The summed E-state index contributed by atoms with van der Waals surface area (Å²) < 4.78 is 10.3. The Bertz CT molecular complexity index is 276. The molecule has 0 unspecified atom stereocenters. The van der Waals surface area contributed by atoms with Crippen molar-refractivity contribution in [1.82, 2.24) is 0 Å². The fourth-order valence-electron chi connectivity index (χ4n) is 1.72. The summed E-state index contributed by atoms with van der Waals surface area (Å²) >= 11 is 0. The van der Waals surface area contributed by atoms with Gasteiger partial charge in [0.15, 0.2) is 0 Å². The van der Waals surface area contributed by atoms with Crippen LogP contribution in [0.2, 0.25) is 0 Å². The molecule has 3 nitrogen and oxygen atoms in total. The number of rotatable bonds is 7. The molecule has 0 spiro atoms. The van der Waals surface area contributed by atoms with E-state index in [0.717, 1.165) is 26.1 Å². The second kappa shape index (κ2) is 7.25. The molecule has 1 aromatic rings. The van der Waals surface area contributed by atoms with Crippen molar-refractivity contribution in [2.45, 2.75) is 12.8 Å². The van der Waals surface area contributed by atoms with Crippen molar-refractivity contribution in [3.63, 3.8) is 0 Å². The molecule has 16 heavy (non-hydrogen) atoms. The molecule has 3 heteroatoms. The van der Waals surface area contributed by atoms with Gasteiger partial charge in [-0.1, -0.05) is 12.1 Å². The predicted molar refractivity (Wildman–Crippen MR) is 63.7 cm³/mol. The highest BCUT2D eigenvalue weighted by molar-refractivity contribution is 5.25. The van der Waals surface area contributed by atoms with Crippen molar-refractivity contribution in [1.29, 1.82) is 0 Å². The van der Waals surface area contributed by atoms with Gasteiger partial charge in [-0.25, -0.2) is 0 Å². The van der Waals surface area contributed by atoms with Crippen molar-refractivity contribution < 1.29 is 14.6 Å². The van der Waals surface area contributed by atoms with Crippen LogP contribution in [0, 0.1) is 5.92 Å². The van der Waals surface area contributed by atoms with Crippen LogP contribution < -0.4 is 0 Å². The number of hydrogen-bond donors (Lipinski definition) is 1. The van der Waals surface area contributed by atoms with Crippen molar-refractivity contribution >= 4 is 0 Å². The van der Waals surface area contributed by atoms with Crippen molar-refractivity contribution in [3.8, 4) is 5.75 Å². The SMILES string of the molecule is COCC(CCc1ccc(O)cc1)COC. The minimum Gasteiger partial charge on any atom is -0.508 e. The van der Waals surface area contributed by atoms with Gasteiger partial charge in [0, 0.05) is 20.1 Å². The highest BCUT2D eigenvalue weighted by Crippen LogP contribution is 2.14. The minimum atomic E-state index is 0.314. The predicted octanol–water partition coefficient (Wildman–Crippen LogP) is 2.23. The molecule has 0 saturated carbocycles. The zero-order chi connectivity index (χ0) is 11.8. The fraction of sp³-hybridized carbons (Fsp3) is 0.538. The maximum Gasteiger partial charge on any atom is 0.115 e. The maximum absolute atomic E-state index is 9.16. The van der Waals surface area contributed by atoms with E-state index < -0.39 is 0 Å². The smallest absolute Gasteiger partial charge is 0.115 e. The van der Waals surface area contributed by atoms with Crippen LogP contribution in [-0.2, 0) is 15.9 Å². The third kappa shape index (κ3) is 4.64. The molecule has 1 N–H and O–H groups in total. The van der Waals surface area contributed by atoms with E-state index in [-0.39, 0.29) is 0 Å². The van der Waals surface area contributed by atoms with Crippen LogP contribution in [0.1, 0.15) is 12.0 Å². The Balaban J connectivity index is 2.38. The van der Waals surface area contributed by atoms with E-state index >= 15 is 0 Å². The molecule has 0 fully saturated rings. The molecule has 0 saturated heterocycles. The first-order valence-corrected chi connectivity index (χ1v) is 5.52. The molecule has 90 valence electrons. The lowest BCUT2D eigenvalue weighted by Crippen LogP contribution is -2.15. The summed E-state index contributed by atoms with van der Waals surface area (Å²) in [4.78, 5) is 0. The average molecular weight is 224 g/mol. The topological polar surface area (TPSA) is 38.7 Å². The Labute approximate surface area is 97.0 Å². The van der Waals surface area contributed by atoms with E-state index in [1.165, 1.54) is 5.56 Å². The monoisotopic (exact) mass is 224 g/mol. The van der Waals surface area contributed by atoms with Crippen molar-refractivity contribution in [3.05, 3.63) is 29.8 Å². The zero-order valence-electron chi connectivity index (χ0n) is 9.98. The number of aryl methyl sites for hydroxylation is 1. The molecule has 0 aromatic heterocycles. The van der Waals surface area contributed by atoms with Crippen molar-refractivity contribution in [2.75, 3.05) is 27.4 Å². The zero-order valence-corrected chi connectivity index (χ0v) is 9.98. The van der Waals surface area contributed by atoms with E-state index in [1.807, 2.05) is 12.1 Å². The molecule has 1 aromatic carbocycles. The maximum atomic E-state index is 9.16. The highest BCUT2D eigenvalue weighted by atomic mass is 16.5. The summed E-state index contributed by atoms with van der Waals surface area (Å²) in [5.41, 5.74) is 1.23. The van der Waals surface area contributed by atoms with Gasteiger partial charge < -0.3 is 14.6 Å². The molecular formula is C13H20O3. The number of phenolic OH excluding ortho intramolecular Hbond substituents is 1. The average Bonchev–Trinajstić information content (AvgIpc) is 2.29. The second-order valence-corrected chi connectivity index (χ2v) is 3.98. The van der Waals surface area contributed by atoms with E-state index in [1.54, 1.807) is 26.4 Å². The molecule has 0 aliphatic heterocycles. The molecule has 0 bridgehead atoms. The Morgan fingerprint density at radius 1 is 1.06 bits per heavy atom. The number of ether oxygens (including phenoxy) is 2. The second-order valence-electron chi connectivity index (χ2n) is 3.98. The van der Waals surface area contributed by atoms with Gasteiger partial charge in [-0.05, 0) is 30.5 Å². The molecular weight excluding hydrogens is 204 g/mol. The van der Waals surface area contributed by atoms with Gasteiger partial charge in [-0.15, -0.1) is 0 Å². The number of hydrogen-bond acceptors (Lipinski definition) is 3. The fourth-order valence-corrected chi connectivity index (χ4v) is 1.72. The van der Waals surface area contributed by atoms with Gasteiger partial charge in [0.05, 0.1) is 13.2 Å². The van der Waals surface area contributed by atoms with Gasteiger partial charge in [0.1, 0.15) is 5.75 Å². The summed E-state index contributed by atoms with van der Waals surface area (Å²) in [6.45, 7) is 1.46. The summed E-state index contributed by atoms with van der Waals surface area (Å²) in [5.74, 6) is 0.748. The Morgan fingerprint density at radius 2 is 1.62 bits per heavy atom. The summed E-state index contributed by atoms with van der Waals surface area (Å²) in [6, 6.07) is 7.34. The Hall–Kier alpha value is -1.06. The number of aromatic hydroxyl groups is 1. The highest BCUT2D eigenvalue weighted by Gasteiger charge is 2.08. The first-order chi connectivity index (χ1) is 7.76. The van der Waals surface area contributed by atoms with Crippen LogP contribution >= 0.6 is 0 Å². The standard InChI is InChI=1S/C13H20O3/c1-15-9-12(10-16-2)4-3-11-5-7-13(14)8-6-11/h5-8,12,14H,3-4,9-10H2,1-2H3. The van der Waals surface area contributed by atoms with Gasteiger partial charge >= 0.3 is 0 Å². The van der Waals surface area contributed by atoms with Crippen LogP contribution in [0.5, 0.6) is 5.75 Å². The molecule has 0 aliphatic rings. The summed E-state index contributed by atoms with van der Waals surface area (Å²) in [6.07, 6.45) is 2.02. The molecule has 0 amide bonds. The molecule has 0 heterocycles. The summed E-state index contributed by atoms with van der Waals surface area (Å²) in [7, 11) is 3.42. The Morgan fingerprint density at radius 3 is 2.12 bits per heavy atom. The first kappa shape index (κ1) is 13.0. The molecule has 0 radical (unpaired) electrons. The van der Waals surface area contributed by atoms with Crippen LogP contribution in [-0.4, -0.2) is 32.5 Å². The largest absolute Gasteiger partial charge is 0.508 e. The van der Waals surface area contributed by atoms with E-state index in [9.17, 15) is 0 Å². The normalized spacial score (nSPS) is 10.9. The number of phenols is 1. The van der Waals surface area contributed by atoms with Crippen LogP contribution in [0.3, 0.4) is 0 Å². The Kier molecular flexibility index (Phi) is 5.90. The van der Waals surface area contributed by atoms with E-state index in [2.05, 4.69) is 0 Å². The van der Waals surface area contributed by atoms with Crippen LogP contribution in [0.4, 0.5) is 0 Å². The lowest BCUT2D eigenvalue weighted by atomic mass is 10.0. The third-order valence-corrected chi connectivity index (χ3v) is 2.58. The first-order valence-electron chi connectivity index (χ1n) is 5.52. The van der Waals surface area contributed by atoms with Crippen LogP contribution in [0.25, 0.3) is 0 Å². The molecule has 0 aliphatic carbocycles. The third-order valence-electron chi connectivity index (χ3n) is 2.58. The van der Waals surface area contributed by atoms with E-state index in [0.29, 0.717) is 11.7 Å². The van der Waals surface area contributed by atoms with Crippen LogP contribution in [0.15, 0.2) is 24.3 Å². The minimum absolute atomic E-state index is 0.314. The molecule has 0 atom stereocenters. The molecule has 1 rings (SSSR count). The number of benzene rings is 1.